The number of nitrogens with zero attached hydrogens (tertiary/aromatic N) is 2. The molecule has 0 bridgehead atoms. The van der Waals surface area contributed by atoms with E-state index in [-0.39, 0.29) is 12.1 Å². The smallest absolute Gasteiger partial charge is 0.0889 e. The van der Waals surface area contributed by atoms with Crippen LogP contribution in [0.15, 0.2) is 41.0 Å². The molecule has 3 N–H and O–H groups in total. The van der Waals surface area contributed by atoms with Gasteiger partial charge in [0, 0.05) is 6.04 Å². The summed E-state index contributed by atoms with van der Waals surface area (Å²) in [5.74, 6) is 5.72. The maximum absolute atomic E-state index is 5.72. The third-order valence-corrected chi connectivity index (χ3v) is 3.46. The zero-order chi connectivity index (χ0) is 13.1. The van der Waals surface area contributed by atoms with Crippen molar-refractivity contribution in [2.75, 3.05) is 0 Å². The van der Waals surface area contributed by atoms with Crippen molar-refractivity contribution in [3.63, 3.8) is 0 Å². The van der Waals surface area contributed by atoms with Crippen molar-refractivity contribution in [2.45, 2.75) is 25.9 Å². The Labute approximate surface area is 115 Å². The molecular formula is C13H17BrN4. The minimum absolute atomic E-state index is 0.0783. The standard InChI is InChI=1S/C13H17BrN4/c1-9(2)18-13(11(14)8-16-18)12(17-15)10-6-4-3-5-7-10/h3-9,12,17H,15H2,1-2H3. The molecule has 1 atom stereocenters. The molecule has 0 aliphatic heterocycles. The second-order valence-electron chi connectivity index (χ2n) is 4.43. The number of benzene rings is 1. The molecule has 1 aromatic carbocycles. The van der Waals surface area contributed by atoms with Gasteiger partial charge in [0.05, 0.1) is 22.4 Å². The molecule has 1 aromatic heterocycles. The number of nitrogens with one attached hydrogen (secondary N) is 1. The fraction of sp³-hybridized carbons (Fsp3) is 0.308. The van der Waals surface area contributed by atoms with Crippen LogP contribution in [0.4, 0.5) is 0 Å². The summed E-state index contributed by atoms with van der Waals surface area (Å²) in [6.07, 6.45) is 1.81. The lowest BCUT2D eigenvalue weighted by molar-refractivity contribution is 0.475. The van der Waals surface area contributed by atoms with E-state index in [0.717, 1.165) is 15.7 Å². The summed E-state index contributed by atoms with van der Waals surface area (Å²) in [5, 5.41) is 4.38. The lowest BCUT2D eigenvalue weighted by atomic mass is 10.0. The molecule has 2 rings (SSSR count). The molecule has 0 amide bonds. The van der Waals surface area contributed by atoms with Crippen LogP contribution in [-0.2, 0) is 0 Å². The number of halogens is 1. The predicted octanol–water partition coefficient (Wildman–Crippen LogP) is 2.78. The Kier molecular flexibility index (Phi) is 4.16. The van der Waals surface area contributed by atoms with Gasteiger partial charge in [-0.25, -0.2) is 5.43 Å². The highest BCUT2D eigenvalue weighted by Gasteiger charge is 2.21. The van der Waals surface area contributed by atoms with E-state index in [1.165, 1.54) is 0 Å². The molecule has 2 aromatic rings. The average Bonchev–Trinajstić information content (AvgIpc) is 2.74. The lowest BCUT2D eigenvalue weighted by Gasteiger charge is -2.20. The molecule has 0 aliphatic carbocycles. The van der Waals surface area contributed by atoms with Crippen LogP contribution in [0.1, 0.15) is 37.2 Å². The monoisotopic (exact) mass is 308 g/mol. The minimum Gasteiger partial charge on any atom is -0.271 e. The summed E-state index contributed by atoms with van der Waals surface area (Å²) in [6.45, 7) is 4.20. The summed E-state index contributed by atoms with van der Waals surface area (Å²) in [6, 6.07) is 10.3. The SMILES string of the molecule is CC(C)n1ncc(Br)c1C(NN)c1ccccc1. The molecule has 5 heteroatoms. The van der Waals surface area contributed by atoms with Crippen molar-refractivity contribution in [3.8, 4) is 0 Å². The Hall–Kier alpha value is -1.17. The van der Waals surface area contributed by atoms with Gasteiger partial charge in [-0.15, -0.1) is 0 Å². The Morgan fingerprint density at radius 1 is 1.28 bits per heavy atom. The van der Waals surface area contributed by atoms with E-state index < -0.39 is 0 Å². The third-order valence-electron chi connectivity index (χ3n) is 2.85. The van der Waals surface area contributed by atoms with Gasteiger partial charge in [0.15, 0.2) is 0 Å². The highest BCUT2D eigenvalue weighted by molar-refractivity contribution is 9.10. The van der Waals surface area contributed by atoms with Gasteiger partial charge in [-0.3, -0.25) is 10.5 Å². The predicted molar refractivity (Wildman–Crippen MR) is 75.9 cm³/mol. The lowest BCUT2D eigenvalue weighted by Crippen LogP contribution is -2.31. The molecule has 0 radical (unpaired) electrons. The van der Waals surface area contributed by atoms with Crippen molar-refractivity contribution in [1.82, 2.24) is 15.2 Å². The number of nitrogens with two attached hydrogens (primary N) is 1. The summed E-state index contributed by atoms with van der Waals surface area (Å²) in [5.41, 5.74) is 5.02. The van der Waals surface area contributed by atoms with Gasteiger partial charge in [0.1, 0.15) is 0 Å². The van der Waals surface area contributed by atoms with Crippen LogP contribution in [0, 0.1) is 0 Å². The minimum atomic E-state index is -0.0783. The van der Waals surface area contributed by atoms with E-state index in [1.807, 2.05) is 29.1 Å². The van der Waals surface area contributed by atoms with Gasteiger partial charge < -0.3 is 0 Å². The van der Waals surface area contributed by atoms with Crippen molar-refractivity contribution >= 4 is 15.9 Å². The second-order valence-corrected chi connectivity index (χ2v) is 5.28. The molecule has 0 saturated heterocycles. The Morgan fingerprint density at radius 2 is 1.94 bits per heavy atom. The summed E-state index contributed by atoms with van der Waals surface area (Å²) in [7, 11) is 0. The van der Waals surface area contributed by atoms with Crippen LogP contribution >= 0.6 is 15.9 Å². The van der Waals surface area contributed by atoms with Crippen LogP contribution in [0.3, 0.4) is 0 Å². The maximum Gasteiger partial charge on any atom is 0.0889 e. The van der Waals surface area contributed by atoms with E-state index in [2.05, 4.69) is 52.4 Å². The van der Waals surface area contributed by atoms with Crippen LogP contribution < -0.4 is 11.3 Å². The average molecular weight is 309 g/mol. The van der Waals surface area contributed by atoms with Crippen molar-refractivity contribution < 1.29 is 0 Å². The van der Waals surface area contributed by atoms with E-state index in [9.17, 15) is 0 Å². The second kappa shape index (κ2) is 5.65. The summed E-state index contributed by atoms with van der Waals surface area (Å²) >= 11 is 3.55. The quantitative estimate of drug-likeness (QED) is 0.674. The largest absolute Gasteiger partial charge is 0.271 e. The molecule has 0 aliphatic rings. The van der Waals surface area contributed by atoms with Gasteiger partial charge in [0.25, 0.3) is 0 Å². The zero-order valence-corrected chi connectivity index (χ0v) is 12.1. The Morgan fingerprint density at radius 3 is 2.50 bits per heavy atom. The van der Waals surface area contributed by atoms with Gasteiger partial charge in [0.2, 0.25) is 0 Å². The fourth-order valence-electron chi connectivity index (χ4n) is 2.01. The first kappa shape index (κ1) is 13.3. The normalized spacial score (nSPS) is 12.9. The highest BCUT2D eigenvalue weighted by atomic mass is 79.9. The zero-order valence-electron chi connectivity index (χ0n) is 10.5. The van der Waals surface area contributed by atoms with E-state index in [1.54, 1.807) is 0 Å². The van der Waals surface area contributed by atoms with E-state index >= 15 is 0 Å². The van der Waals surface area contributed by atoms with Gasteiger partial charge in [-0.1, -0.05) is 30.3 Å². The van der Waals surface area contributed by atoms with Crippen LogP contribution in [-0.4, -0.2) is 9.78 Å². The summed E-state index contributed by atoms with van der Waals surface area (Å²) < 4.78 is 2.93. The van der Waals surface area contributed by atoms with Crippen molar-refractivity contribution in [1.29, 1.82) is 0 Å². The molecule has 0 fully saturated rings. The Bertz CT molecular complexity index is 507. The number of rotatable bonds is 4. The Balaban J connectivity index is 2.48. The number of hydrazine groups is 1. The van der Waals surface area contributed by atoms with Gasteiger partial charge in [-0.2, -0.15) is 5.10 Å². The topological polar surface area (TPSA) is 55.9 Å². The number of hydrogen-bond donors (Lipinski definition) is 2. The first-order chi connectivity index (χ1) is 8.65. The molecular weight excluding hydrogens is 292 g/mol. The first-order valence-corrected chi connectivity index (χ1v) is 6.68. The summed E-state index contributed by atoms with van der Waals surface area (Å²) in [4.78, 5) is 0. The molecule has 4 nitrogen and oxygen atoms in total. The first-order valence-electron chi connectivity index (χ1n) is 5.89. The molecule has 18 heavy (non-hydrogen) atoms. The third kappa shape index (κ3) is 2.48. The van der Waals surface area contributed by atoms with Crippen molar-refractivity contribution in [2.24, 2.45) is 5.84 Å². The van der Waals surface area contributed by atoms with Gasteiger partial charge in [-0.05, 0) is 35.3 Å². The highest BCUT2D eigenvalue weighted by Crippen LogP contribution is 2.29. The van der Waals surface area contributed by atoms with Crippen LogP contribution in [0.2, 0.25) is 0 Å². The molecule has 0 saturated carbocycles. The molecule has 1 heterocycles. The van der Waals surface area contributed by atoms with Crippen LogP contribution in [0.25, 0.3) is 0 Å². The number of hydrogen-bond acceptors (Lipinski definition) is 3. The molecule has 0 spiro atoms. The van der Waals surface area contributed by atoms with Crippen molar-refractivity contribution in [3.05, 3.63) is 52.3 Å². The molecule has 1 unspecified atom stereocenters. The fourth-order valence-corrected chi connectivity index (χ4v) is 2.51. The molecule has 96 valence electrons. The van der Waals surface area contributed by atoms with Crippen LogP contribution in [0.5, 0.6) is 0 Å². The van der Waals surface area contributed by atoms with E-state index in [4.69, 9.17) is 5.84 Å². The van der Waals surface area contributed by atoms with Gasteiger partial charge >= 0.3 is 0 Å². The number of aromatic nitrogens is 2. The maximum atomic E-state index is 5.72. The van der Waals surface area contributed by atoms with E-state index in [0.29, 0.717) is 0 Å².